The van der Waals surface area contributed by atoms with E-state index >= 15 is 0 Å². The van der Waals surface area contributed by atoms with Crippen LogP contribution in [0, 0.1) is 5.92 Å². The Morgan fingerprint density at radius 1 is 1.67 bits per heavy atom. The molecule has 1 aromatic heterocycles. The molecule has 1 amide bonds. The van der Waals surface area contributed by atoms with Crippen LogP contribution >= 0.6 is 0 Å². The number of nitrogens with zero attached hydrogens (tertiary/aromatic N) is 2. The third-order valence-electron chi connectivity index (χ3n) is 3.07. The summed E-state index contributed by atoms with van der Waals surface area (Å²) in [6.45, 7) is 2.76. The molecule has 2 unspecified atom stereocenters. The van der Waals surface area contributed by atoms with Gasteiger partial charge in [-0.05, 0) is 19.3 Å². The molecule has 1 aliphatic rings. The monoisotopic (exact) mass is 254 g/mol. The summed E-state index contributed by atoms with van der Waals surface area (Å²) in [4.78, 5) is 16.1. The van der Waals surface area contributed by atoms with Gasteiger partial charge in [-0.1, -0.05) is 6.92 Å². The molecule has 0 aliphatic carbocycles. The molecule has 2 rings (SSSR count). The molecule has 7 nitrogen and oxygen atoms in total. The summed E-state index contributed by atoms with van der Waals surface area (Å²) in [7, 11) is 1.47. The van der Waals surface area contributed by atoms with E-state index in [1.54, 1.807) is 0 Å². The highest BCUT2D eigenvalue weighted by Gasteiger charge is 2.31. The van der Waals surface area contributed by atoms with Crippen LogP contribution in [0.25, 0.3) is 0 Å². The Bertz CT molecular complexity index is 407. The molecule has 2 N–H and O–H groups in total. The standard InChI is InChI=1S/C11H18N4O3/c1-3-8-7(5-4-6-18-8)9(16)12-10-13-11(17-2)15-14-10/h7-8H,3-6H2,1-2H3,(H2,12,13,14,15,16). The third-order valence-corrected chi connectivity index (χ3v) is 3.07. The number of carbonyl (C=O) groups excluding carboxylic acids is 1. The molecular formula is C11H18N4O3. The zero-order valence-corrected chi connectivity index (χ0v) is 10.6. The average Bonchev–Trinajstić information content (AvgIpc) is 2.86. The van der Waals surface area contributed by atoms with Gasteiger partial charge in [0.2, 0.25) is 11.9 Å². The van der Waals surface area contributed by atoms with Gasteiger partial charge in [-0.3, -0.25) is 10.1 Å². The number of amides is 1. The van der Waals surface area contributed by atoms with E-state index in [4.69, 9.17) is 9.47 Å². The number of methoxy groups -OCH3 is 1. The summed E-state index contributed by atoms with van der Waals surface area (Å²) in [6, 6.07) is 0.206. The van der Waals surface area contributed by atoms with Crippen molar-refractivity contribution in [2.75, 3.05) is 19.0 Å². The van der Waals surface area contributed by atoms with Crippen LogP contribution in [0.1, 0.15) is 26.2 Å². The summed E-state index contributed by atoms with van der Waals surface area (Å²) >= 11 is 0. The molecule has 18 heavy (non-hydrogen) atoms. The Labute approximate surface area is 105 Å². The first-order valence-electron chi connectivity index (χ1n) is 6.13. The van der Waals surface area contributed by atoms with Gasteiger partial charge in [-0.2, -0.15) is 4.98 Å². The van der Waals surface area contributed by atoms with Crippen molar-refractivity contribution < 1.29 is 14.3 Å². The van der Waals surface area contributed by atoms with Gasteiger partial charge in [0, 0.05) is 6.61 Å². The van der Waals surface area contributed by atoms with Gasteiger partial charge in [0.05, 0.1) is 19.1 Å². The lowest BCUT2D eigenvalue weighted by Crippen LogP contribution is -2.38. The predicted molar refractivity (Wildman–Crippen MR) is 64.3 cm³/mol. The first-order chi connectivity index (χ1) is 8.74. The first kappa shape index (κ1) is 12.8. The molecule has 1 fully saturated rings. The van der Waals surface area contributed by atoms with Crippen molar-refractivity contribution in [2.45, 2.75) is 32.3 Å². The molecule has 0 bridgehead atoms. The molecule has 0 saturated carbocycles. The lowest BCUT2D eigenvalue weighted by Gasteiger charge is -2.29. The van der Waals surface area contributed by atoms with E-state index in [-0.39, 0.29) is 23.9 Å². The zero-order chi connectivity index (χ0) is 13.0. The van der Waals surface area contributed by atoms with Crippen LogP contribution < -0.4 is 10.1 Å². The van der Waals surface area contributed by atoms with Gasteiger partial charge in [-0.25, -0.2) is 5.10 Å². The number of rotatable bonds is 4. The molecular weight excluding hydrogens is 236 g/mol. The molecule has 1 aromatic rings. The number of anilines is 1. The van der Waals surface area contributed by atoms with Crippen molar-refractivity contribution in [1.29, 1.82) is 0 Å². The highest BCUT2D eigenvalue weighted by atomic mass is 16.5. The van der Waals surface area contributed by atoms with E-state index < -0.39 is 0 Å². The Kier molecular flexibility index (Phi) is 4.14. The minimum atomic E-state index is -0.125. The van der Waals surface area contributed by atoms with Crippen molar-refractivity contribution in [3.05, 3.63) is 0 Å². The summed E-state index contributed by atoms with van der Waals surface area (Å²) in [6.07, 6.45) is 2.57. The van der Waals surface area contributed by atoms with Crippen LogP contribution in [0.4, 0.5) is 5.95 Å². The molecule has 7 heteroatoms. The SMILES string of the molecule is CCC1OCCCC1C(=O)Nc1nc(OC)n[nH]1. The van der Waals surface area contributed by atoms with Crippen LogP contribution in [0.3, 0.4) is 0 Å². The third kappa shape index (κ3) is 2.79. The van der Waals surface area contributed by atoms with E-state index in [0.29, 0.717) is 5.95 Å². The molecule has 2 heterocycles. The summed E-state index contributed by atoms with van der Waals surface area (Å²) in [5, 5.41) is 9.07. The van der Waals surface area contributed by atoms with E-state index in [1.165, 1.54) is 7.11 Å². The van der Waals surface area contributed by atoms with Crippen LogP contribution in [0.15, 0.2) is 0 Å². The van der Waals surface area contributed by atoms with Gasteiger partial charge in [0.25, 0.3) is 0 Å². The lowest BCUT2D eigenvalue weighted by atomic mass is 9.92. The van der Waals surface area contributed by atoms with Gasteiger partial charge in [0.1, 0.15) is 0 Å². The number of ether oxygens (including phenoxy) is 2. The largest absolute Gasteiger partial charge is 0.466 e. The first-order valence-corrected chi connectivity index (χ1v) is 6.13. The van der Waals surface area contributed by atoms with Crippen LogP contribution in [-0.4, -0.2) is 40.9 Å². The highest BCUT2D eigenvalue weighted by Crippen LogP contribution is 2.24. The zero-order valence-electron chi connectivity index (χ0n) is 10.6. The minimum absolute atomic E-state index is 0.0106. The number of carbonyl (C=O) groups is 1. The van der Waals surface area contributed by atoms with Crippen molar-refractivity contribution in [1.82, 2.24) is 15.2 Å². The van der Waals surface area contributed by atoms with Crippen LogP contribution in [-0.2, 0) is 9.53 Å². The maximum Gasteiger partial charge on any atom is 0.336 e. The van der Waals surface area contributed by atoms with E-state index in [9.17, 15) is 4.79 Å². The molecule has 1 saturated heterocycles. The van der Waals surface area contributed by atoms with E-state index in [1.807, 2.05) is 6.92 Å². The molecule has 1 aliphatic heterocycles. The van der Waals surface area contributed by atoms with Crippen LogP contribution in [0.2, 0.25) is 0 Å². The Hall–Kier alpha value is -1.63. The van der Waals surface area contributed by atoms with Gasteiger partial charge >= 0.3 is 6.01 Å². The quantitative estimate of drug-likeness (QED) is 0.835. The maximum absolute atomic E-state index is 12.1. The molecule has 0 radical (unpaired) electrons. The van der Waals surface area contributed by atoms with Crippen molar-refractivity contribution >= 4 is 11.9 Å². The number of aromatic amines is 1. The van der Waals surface area contributed by atoms with Gasteiger partial charge in [0.15, 0.2) is 0 Å². The maximum atomic E-state index is 12.1. The number of hydrogen-bond donors (Lipinski definition) is 2. The lowest BCUT2D eigenvalue weighted by molar-refractivity contribution is -0.129. The Morgan fingerprint density at radius 3 is 3.17 bits per heavy atom. The van der Waals surface area contributed by atoms with Gasteiger partial charge < -0.3 is 9.47 Å². The topological polar surface area (TPSA) is 89.1 Å². The Balaban J connectivity index is 1.97. The van der Waals surface area contributed by atoms with E-state index in [0.717, 1.165) is 25.9 Å². The number of hydrogen-bond acceptors (Lipinski definition) is 5. The van der Waals surface area contributed by atoms with E-state index in [2.05, 4.69) is 20.5 Å². The predicted octanol–water partition coefficient (Wildman–Crippen LogP) is 0.957. The summed E-state index contributed by atoms with van der Waals surface area (Å²) in [5.41, 5.74) is 0. The second-order valence-corrected chi connectivity index (χ2v) is 4.23. The molecule has 100 valence electrons. The molecule has 0 aromatic carbocycles. The summed E-state index contributed by atoms with van der Waals surface area (Å²) in [5.74, 6) is 0.0949. The minimum Gasteiger partial charge on any atom is -0.466 e. The number of nitrogens with one attached hydrogen (secondary N) is 2. The second kappa shape index (κ2) is 5.81. The number of aromatic nitrogens is 3. The molecule has 2 atom stereocenters. The fourth-order valence-corrected chi connectivity index (χ4v) is 2.15. The number of H-pyrrole nitrogens is 1. The van der Waals surface area contributed by atoms with Gasteiger partial charge in [-0.15, -0.1) is 5.10 Å². The fourth-order valence-electron chi connectivity index (χ4n) is 2.15. The Morgan fingerprint density at radius 2 is 2.50 bits per heavy atom. The summed E-state index contributed by atoms with van der Waals surface area (Å²) < 4.78 is 10.4. The van der Waals surface area contributed by atoms with Crippen molar-refractivity contribution in [3.8, 4) is 6.01 Å². The van der Waals surface area contributed by atoms with Crippen LogP contribution in [0.5, 0.6) is 6.01 Å². The van der Waals surface area contributed by atoms with Crippen molar-refractivity contribution in [3.63, 3.8) is 0 Å². The second-order valence-electron chi connectivity index (χ2n) is 4.23. The highest BCUT2D eigenvalue weighted by molar-refractivity contribution is 5.91. The average molecular weight is 254 g/mol. The fraction of sp³-hybridized carbons (Fsp3) is 0.727. The molecule has 0 spiro atoms. The smallest absolute Gasteiger partial charge is 0.336 e. The van der Waals surface area contributed by atoms with Crippen molar-refractivity contribution in [2.24, 2.45) is 5.92 Å². The normalized spacial score (nSPS) is 23.7.